The van der Waals surface area contributed by atoms with Gasteiger partial charge in [0.2, 0.25) is 11.1 Å². The van der Waals surface area contributed by atoms with Gasteiger partial charge in [0.15, 0.2) is 11.6 Å². The van der Waals surface area contributed by atoms with E-state index in [0.717, 1.165) is 0 Å². The van der Waals surface area contributed by atoms with Gasteiger partial charge in [0.25, 0.3) is 0 Å². The molecule has 3 aromatic heterocycles. The number of ketones is 2. The zero-order valence-electron chi connectivity index (χ0n) is 13.7. The van der Waals surface area contributed by atoms with Crippen LogP contribution in [0, 0.1) is 0 Å². The molecule has 26 heavy (non-hydrogen) atoms. The van der Waals surface area contributed by atoms with Crippen LogP contribution in [0.5, 0.6) is 0 Å². The van der Waals surface area contributed by atoms with Crippen LogP contribution in [0.2, 0.25) is 5.28 Å². The zero-order valence-corrected chi connectivity index (χ0v) is 14.4. The molecule has 0 saturated heterocycles. The Hall–Kier alpha value is -3.04. The fourth-order valence-electron chi connectivity index (χ4n) is 2.23. The molecule has 0 atom stereocenters. The maximum atomic E-state index is 12.5. The van der Waals surface area contributed by atoms with Crippen molar-refractivity contribution < 1.29 is 14.3 Å². The van der Waals surface area contributed by atoms with Crippen LogP contribution in [0.15, 0.2) is 37.1 Å². The molecule has 3 heterocycles. The number of Topliss-reactive ketones (excluding diaryl/α,β-unsaturated/α-hetero) is 2. The normalized spacial score (nSPS) is 10.7. The number of hydrogen-bond donors (Lipinski definition) is 0. The highest BCUT2D eigenvalue weighted by molar-refractivity contribution is 6.28. The Morgan fingerprint density at radius 2 is 2.08 bits per heavy atom. The van der Waals surface area contributed by atoms with E-state index < -0.39 is 0 Å². The number of imidazole rings is 1. The average molecular weight is 373 g/mol. The lowest BCUT2D eigenvalue weighted by Crippen LogP contribution is -2.16. The van der Waals surface area contributed by atoms with E-state index in [-0.39, 0.29) is 41.3 Å². The first-order valence-electron chi connectivity index (χ1n) is 7.47. The number of aromatic nitrogens is 6. The minimum Gasteiger partial charge on any atom is -0.376 e. The third kappa shape index (κ3) is 3.95. The first-order chi connectivity index (χ1) is 12.6. The molecule has 0 radical (unpaired) electrons. The molecule has 0 fully saturated rings. The maximum Gasteiger partial charge on any atom is 0.223 e. The maximum absolute atomic E-state index is 12.5. The molecule has 0 bridgehead atoms. The lowest BCUT2D eigenvalue weighted by atomic mass is 10.0. The van der Waals surface area contributed by atoms with Crippen molar-refractivity contribution in [1.82, 2.24) is 29.7 Å². The summed E-state index contributed by atoms with van der Waals surface area (Å²) >= 11 is 5.75. The number of rotatable bonds is 7. The molecule has 0 aliphatic heterocycles. The van der Waals surface area contributed by atoms with Gasteiger partial charge in [0.1, 0.15) is 24.3 Å². The van der Waals surface area contributed by atoms with Gasteiger partial charge in [0, 0.05) is 37.7 Å². The van der Waals surface area contributed by atoms with E-state index in [1.54, 1.807) is 35.4 Å². The Morgan fingerprint density at radius 3 is 2.73 bits per heavy atom. The minimum atomic E-state index is -0.388. The average Bonchev–Trinajstić information content (AvgIpc) is 3.18. The Bertz CT molecular complexity index is 928. The van der Waals surface area contributed by atoms with Crippen molar-refractivity contribution in [3.05, 3.63) is 59.3 Å². The van der Waals surface area contributed by atoms with E-state index in [9.17, 15) is 9.59 Å². The van der Waals surface area contributed by atoms with Gasteiger partial charge in [-0.1, -0.05) is 0 Å². The highest BCUT2D eigenvalue weighted by atomic mass is 35.5. The molecule has 0 aliphatic rings. The van der Waals surface area contributed by atoms with Gasteiger partial charge in [-0.15, -0.1) is 10.2 Å². The fraction of sp³-hybridized carbons (Fsp3) is 0.188. The number of carbonyl (C=O) groups excluding carboxylic acids is 2. The van der Waals surface area contributed by atoms with Gasteiger partial charge in [-0.2, -0.15) is 0 Å². The number of halogens is 1. The number of ether oxygens (including phenoxy) is 1. The van der Waals surface area contributed by atoms with Gasteiger partial charge < -0.3 is 4.74 Å². The highest BCUT2D eigenvalue weighted by Crippen LogP contribution is 2.13. The van der Waals surface area contributed by atoms with Crippen LogP contribution in [-0.2, 0) is 11.2 Å². The summed E-state index contributed by atoms with van der Waals surface area (Å²) in [5, 5.41) is 7.85. The summed E-state index contributed by atoms with van der Waals surface area (Å²) in [7, 11) is 1.39. The van der Waals surface area contributed by atoms with Gasteiger partial charge in [-0.05, 0) is 23.7 Å². The summed E-state index contributed by atoms with van der Waals surface area (Å²) in [4.78, 5) is 36.2. The molecule has 0 aromatic carbocycles. The SMILES string of the molecule is COCC(=O)c1nc(Cl)ncc1CC(=O)c1ccc(-n2ccnc2)nn1. The van der Waals surface area contributed by atoms with Gasteiger partial charge >= 0.3 is 0 Å². The van der Waals surface area contributed by atoms with Gasteiger partial charge in [-0.3, -0.25) is 14.2 Å². The first-order valence-corrected chi connectivity index (χ1v) is 7.85. The molecule has 9 nitrogen and oxygen atoms in total. The number of hydrogen-bond acceptors (Lipinski definition) is 8. The Balaban J connectivity index is 1.81. The number of methoxy groups -OCH3 is 1. The monoisotopic (exact) mass is 372 g/mol. The lowest BCUT2D eigenvalue weighted by Gasteiger charge is -2.07. The summed E-state index contributed by atoms with van der Waals surface area (Å²) in [6.07, 6.45) is 6.14. The van der Waals surface area contributed by atoms with Crippen LogP contribution >= 0.6 is 11.6 Å². The molecule has 0 N–H and O–H groups in total. The van der Waals surface area contributed by atoms with Crippen LogP contribution in [0.25, 0.3) is 5.82 Å². The van der Waals surface area contributed by atoms with Crippen molar-refractivity contribution in [2.75, 3.05) is 13.7 Å². The van der Waals surface area contributed by atoms with Gasteiger partial charge in [0.05, 0.1) is 0 Å². The second kappa shape index (κ2) is 7.89. The summed E-state index contributed by atoms with van der Waals surface area (Å²) in [6, 6.07) is 3.20. The van der Waals surface area contributed by atoms with Crippen LogP contribution < -0.4 is 0 Å². The Morgan fingerprint density at radius 1 is 1.23 bits per heavy atom. The molecule has 0 unspecified atom stereocenters. The number of carbonyl (C=O) groups is 2. The van der Waals surface area contributed by atoms with Crippen molar-refractivity contribution in [2.45, 2.75) is 6.42 Å². The van der Waals surface area contributed by atoms with Gasteiger partial charge in [-0.25, -0.2) is 15.0 Å². The summed E-state index contributed by atoms with van der Waals surface area (Å²) < 4.78 is 6.49. The number of nitrogens with zero attached hydrogens (tertiary/aromatic N) is 6. The van der Waals surface area contributed by atoms with E-state index in [0.29, 0.717) is 11.4 Å². The molecule has 3 rings (SSSR count). The van der Waals surface area contributed by atoms with Crippen molar-refractivity contribution in [2.24, 2.45) is 0 Å². The minimum absolute atomic E-state index is 0.0585. The van der Waals surface area contributed by atoms with Crippen LogP contribution in [0.1, 0.15) is 26.5 Å². The van der Waals surface area contributed by atoms with Crippen molar-refractivity contribution in [1.29, 1.82) is 0 Å². The van der Waals surface area contributed by atoms with Crippen LogP contribution in [0.4, 0.5) is 0 Å². The first kappa shape index (κ1) is 17.8. The largest absolute Gasteiger partial charge is 0.376 e. The van der Waals surface area contributed by atoms with Crippen molar-refractivity contribution in [3.8, 4) is 5.82 Å². The zero-order chi connectivity index (χ0) is 18.5. The van der Waals surface area contributed by atoms with E-state index in [2.05, 4.69) is 25.1 Å². The summed E-state index contributed by atoms with van der Waals surface area (Å²) in [5.41, 5.74) is 0.569. The third-order valence-corrected chi connectivity index (χ3v) is 3.61. The molecule has 3 aromatic rings. The van der Waals surface area contributed by atoms with Crippen LogP contribution in [-0.4, -0.2) is 55.0 Å². The molecule has 0 spiro atoms. The lowest BCUT2D eigenvalue weighted by molar-refractivity contribution is 0.0841. The quantitative estimate of drug-likeness (QED) is 0.451. The second-order valence-corrected chi connectivity index (χ2v) is 5.55. The second-order valence-electron chi connectivity index (χ2n) is 5.22. The van der Waals surface area contributed by atoms with Crippen molar-refractivity contribution in [3.63, 3.8) is 0 Å². The van der Waals surface area contributed by atoms with Crippen molar-refractivity contribution >= 4 is 23.2 Å². The predicted molar refractivity (Wildman–Crippen MR) is 90.4 cm³/mol. The standard InChI is InChI=1S/C16H13ClN6O3/c1-26-8-13(25)15-10(7-19-16(17)20-15)6-12(24)11-2-3-14(22-21-11)23-5-4-18-9-23/h2-5,7,9H,6,8H2,1H3. The topological polar surface area (TPSA) is 113 Å². The molecule has 0 amide bonds. The smallest absolute Gasteiger partial charge is 0.223 e. The highest BCUT2D eigenvalue weighted by Gasteiger charge is 2.19. The van der Waals surface area contributed by atoms with Crippen LogP contribution in [0.3, 0.4) is 0 Å². The molecule has 0 saturated carbocycles. The summed E-state index contributed by atoms with van der Waals surface area (Å²) in [6.45, 7) is -0.173. The predicted octanol–water partition coefficient (Wildman–Crippen LogP) is 1.36. The van der Waals surface area contributed by atoms with E-state index >= 15 is 0 Å². The molecule has 10 heteroatoms. The Kier molecular flexibility index (Phi) is 5.40. The Labute approximate surface area is 153 Å². The third-order valence-electron chi connectivity index (χ3n) is 3.43. The van der Waals surface area contributed by atoms with E-state index in [1.165, 1.54) is 13.3 Å². The van der Waals surface area contributed by atoms with E-state index in [1.807, 2.05) is 0 Å². The fourth-order valence-corrected chi connectivity index (χ4v) is 2.36. The summed E-state index contributed by atoms with van der Waals surface area (Å²) in [5.74, 6) is -0.182. The van der Waals surface area contributed by atoms with E-state index in [4.69, 9.17) is 16.3 Å². The molecule has 132 valence electrons. The molecule has 0 aliphatic carbocycles. The molecular formula is C16H13ClN6O3. The molecular weight excluding hydrogens is 360 g/mol.